The van der Waals surface area contributed by atoms with Gasteiger partial charge in [-0.05, 0) is 26.1 Å². The summed E-state index contributed by atoms with van der Waals surface area (Å²) in [4.78, 5) is 21.0. The molecule has 0 spiro atoms. The van der Waals surface area contributed by atoms with Crippen LogP contribution in [-0.2, 0) is 0 Å². The Morgan fingerprint density at radius 1 is 1.50 bits per heavy atom. The number of nitrogens with one attached hydrogen (secondary N) is 1. The Bertz CT molecular complexity index is 393. The molecule has 0 bridgehead atoms. The van der Waals surface area contributed by atoms with E-state index in [2.05, 4.69) is 34.0 Å². The number of aromatic nitrogens is 2. The number of carboxylic acids is 1. The van der Waals surface area contributed by atoms with E-state index in [0.29, 0.717) is 5.95 Å². The number of nitrogens with zero attached hydrogens (tertiary/aromatic N) is 3. The fourth-order valence-corrected chi connectivity index (χ4v) is 1.68. The van der Waals surface area contributed by atoms with E-state index in [1.54, 1.807) is 0 Å². The summed E-state index contributed by atoms with van der Waals surface area (Å²) in [6.45, 7) is 9.08. The van der Waals surface area contributed by atoms with Gasteiger partial charge in [-0.1, -0.05) is 13.8 Å². The summed E-state index contributed by atoms with van der Waals surface area (Å²) in [7, 11) is 0. The minimum atomic E-state index is -1.04. The van der Waals surface area contributed by atoms with Crippen LogP contribution < -0.4 is 5.32 Å². The van der Waals surface area contributed by atoms with Crippen molar-refractivity contribution >= 4 is 11.9 Å². The highest BCUT2D eigenvalue weighted by molar-refractivity contribution is 5.85. The van der Waals surface area contributed by atoms with Crippen LogP contribution in [0, 0.1) is 0 Å². The highest BCUT2D eigenvalue weighted by atomic mass is 16.4. The molecule has 1 heterocycles. The third kappa shape index (κ3) is 4.29. The van der Waals surface area contributed by atoms with Crippen molar-refractivity contribution in [3.05, 3.63) is 18.0 Å². The Balaban J connectivity index is 2.61. The Morgan fingerprint density at radius 3 is 2.72 bits per heavy atom. The van der Waals surface area contributed by atoms with Crippen molar-refractivity contribution in [2.45, 2.75) is 26.8 Å². The standard InChI is InChI=1S/C12H20N4O2/c1-4-16(5-2)8-9(3)14-12-13-7-6-10(15-12)11(17)18/h6-7,9H,4-5,8H2,1-3H3,(H,17,18)(H,13,14,15). The molecular weight excluding hydrogens is 232 g/mol. The summed E-state index contributed by atoms with van der Waals surface area (Å²) in [6.07, 6.45) is 1.45. The van der Waals surface area contributed by atoms with Crippen LogP contribution in [0.5, 0.6) is 0 Å². The van der Waals surface area contributed by atoms with Gasteiger partial charge in [0.25, 0.3) is 0 Å². The molecule has 1 atom stereocenters. The van der Waals surface area contributed by atoms with E-state index in [0.717, 1.165) is 19.6 Å². The zero-order chi connectivity index (χ0) is 13.5. The van der Waals surface area contributed by atoms with Crippen molar-refractivity contribution in [3.63, 3.8) is 0 Å². The molecule has 18 heavy (non-hydrogen) atoms. The van der Waals surface area contributed by atoms with Gasteiger partial charge in [-0.15, -0.1) is 0 Å². The first-order chi connectivity index (χ1) is 8.56. The predicted molar refractivity (Wildman–Crippen MR) is 69.9 cm³/mol. The zero-order valence-corrected chi connectivity index (χ0v) is 11.1. The maximum atomic E-state index is 10.8. The largest absolute Gasteiger partial charge is 0.477 e. The van der Waals surface area contributed by atoms with Gasteiger partial charge in [0.15, 0.2) is 5.69 Å². The van der Waals surface area contributed by atoms with Gasteiger partial charge in [0, 0.05) is 18.8 Å². The molecule has 1 unspecified atom stereocenters. The van der Waals surface area contributed by atoms with E-state index in [9.17, 15) is 4.79 Å². The third-order valence-corrected chi connectivity index (χ3v) is 2.68. The summed E-state index contributed by atoms with van der Waals surface area (Å²) in [5.74, 6) is -0.689. The first-order valence-electron chi connectivity index (χ1n) is 6.12. The molecule has 0 amide bonds. The van der Waals surface area contributed by atoms with Crippen molar-refractivity contribution in [3.8, 4) is 0 Å². The van der Waals surface area contributed by atoms with Gasteiger partial charge < -0.3 is 15.3 Å². The maximum Gasteiger partial charge on any atom is 0.354 e. The molecule has 0 radical (unpaired) electrons. The van der Waals surface area contributed by atoms with Crippen molar-refractivity contribution in [2.24, 2.45) is 0 Å². The minimum absolute atomic E-state index is 0.00235. The first kappa shape index (κ1) is 14.4. The lowest BCUT2D eigenvalue weighted by Gasteiger charge is -2.23. The van der Waals surface area contributed by atoms with Gasteiger partial charge in [-0.3, -0.25) is 0 Å². The van der Waals surface area contributed by atoms with E-state index >= 15 is 0 Å². The van der Waals surface area contributed by atoms with Crippen LogP contribution in [0.1, 0.15) is 31.3 Å². The third-order valence-electron chi connectivity index (χ3n) is 2.68. The SMILES string of the molecule is CCN(CC)CC(C)Nc1nccc(C(=O)O)n1. The second-order valence-electron chi connectivity index (χ2n) is 4.10. The molecule has 0 aliphatic carbocycles. The highest BCUT2D eigenvalue weighted by Gasteiger charge is 2.10. The van der Waals surface area contributed by atoms with Crippen molar-refractivity contribution in [1.82, 2.24) is 14.9 Å². The van der Waals surface area contributed by atoms with Gasteiger partial charge in [-0.25, -0.2) is 14.8 Å². The molecule has 0 saturated carbocycles. The maximum absolute atomic E-state index is 10.8. The topological polar surface area (TPSA) is 78.4 Å². The molecule has 2 N–H and O–H groups in total. The Morgan fingerprint density at radius 2 is 2.17 bits per heavy atom. The molecule has 1 aromatic rings. The summed E-state index contributed by atoms with van der Waals surface area (Å²) in [5, 5.41) is 11.9. The molecule has 1 aromatic heterocycles. The Kier molecular flexibility index (Phi) is 5.51. The van der Waals surface area contributed by atoms with Crippen molar-refractivity contribution < 1.29 is 9.90 Å². The molecule has 0 fully saturated rings. The monoisotopic (exact) mass is 252 g/mol. The molecule has 6 heteroatoms. The predicted octanol–water partition coefficient (Wildman–Crippen LogP) is 1.32. The minimum Gasteiger partial charge on any atom is -0.477 e. The number of aromatic carboxylic acids is 1. The summed E-state index contributed by atoms with van der Waals surface area (Å²) >= 11 is 0. The quantitative estimate of drug-likeness (QED) is 0.762. The lowest BCUT2D eigenvalue weighted by Crippen LogP contribution is -2.35. The number of likely N-dealkylation sites (N-methyl/N-ethyl adjacent to an activating group) is 1. The number of hydrogen-bond acceptors (Lipinski definition) is 5. The van der Waals surface area contributed by atoms with Crippen LogP contribution in [-0.4, -0.2) is 51.6 Å². The van der Waals surface area contributed by atoms with Crippen molar-refractivity contribution in [2.75, 3.05) is 25.0 Å². The molecule has 0 aromatic carbocycles. The number of carbonyl (C=O) groups is 1. The van der Waals surface area contributed by atoms with E-state index < -0.39 is 5.97 Å². The number of carboxylic acid groups (broad SMARTS) is 1. The van der Waals surface area contributed by atoms with Gasteiger partial charge in [0.2, 0.25) is 5.95 Å². The van der Waals surface area contributed by atoms with E-state index in [1.807, 2.05) is 6.92 Å². The number of hydrogen-bond donors (Lipinski definition) is 2. The van der Waals surface area contributed by atoms with Crippen molar-refractivity contribution in [1.29, 1.82) is 0 Å². The average Bonchev–Trinajstić information content (AvgIpc) is 2.36. The van der Waals surface area contributed by atoms with Gasteiger partial charge in [0.1, 0.15) is 0 Å². The van der Waals surface area contributed by atoms with Crippen LogP contribution in [0.15, 0.2) is 12.3 Å². The van der Waals surface area contributed by atoms with Crippen LogP contribution >= 0.6 is 0 Å². The van der Waals surface area contributed by atoms with E-state index in [-0.39, 0.29) is 11.7 Å². The highest BCUT2D eigenvalue weighted by Crippen LogP contribution is 2.03. The van der Waals surface area contributed by atoms with Gasteiger partial charge in [0.05, 0.1) is 0 Å². The second-order valence-corrected chi connectivity index (χ2v) is 4.10. The summed E-state index contributed by atoms with van der Waals surface area (Å²) in [5.41, 5.74) is 0.00235. The summed E-state index contributed by atoms with van der Waals surface area (Å²) in [6, 6.07) is 1.54. The molecular formula is C12H20N4O2. The molecule has 1 rings (SSSR count). The number of rotatable bonds is 7. The molecule has 0 aliphatic heterocycles. The van der Waals surface area contributed by atoms with Crippen LogP contribution in [0.2, 0.25) is 0 Å². The Hall–Kier alpha value is -1.69. The molecule has 0 saturated heterocycles. The fourth-order valence-electron chi connectivity index (χ4n) is 1.68. The lowest BCUT2D eigenvalue weighted by atomic mass is 10.3. The molecule has 6 nitrogen and oxygen atoms in total. The fraction of sp³-hybridized carbons (Fsp3) is 0.583. The zero-order valence-electron chi connectivity index (χ0n) is 11.1. The van der Waals surface area contributed by atoms with E-state index in [1.165, 1.54) is 12.3 Å². The van der Waals surface area contributed by atoms with Gasteiger partial charge in [-0.2, -0.15) is 0 Å². The average molecular weight is 252 g/mol. The Labute approximate surface area is 107 Å². The molecule has 0 aliphatic rings. The van der Waals surface area contributed by atoms with Gasteiger partial charge >= 0.3 is 5.97 Å². The summed E-state index contributed by atoms with van der Waals surface area (Å²) < 4.78 is 0. The molecule has 100 valence electrons. The van der Waals surface area contributed by atoms with Crippen LogP contribution in [0.4, 0.5) is 5.95 Å². The smallest absolute Gasteiger partial charge is 0.354 e. The van der Waals surface area contributed by atoms with Crippen LogP contribution in [0.3, 0.4) is 0 Å². The first-order valence-corrected chi connectivity index (χ1v) is 6.12. The van der Waals surface area contributed by atoms with Crippen LogP contribution in [0.25, 0.3) is 0 Å². The number of anilines is 1. The second kappa shape index (κ2) is 6.90. The van der Waals surface area contributed by atoms with E-state index in [4.69, 9.17) is 5.11 Å². The normalized spacial score (nSPS) is 12.4. The lowest BCUT2D eigenvalue weighted by molar-refractivity contribution is 0.0690.